The van der Waals surface area contributed by atoms with E-state index in [2.05, 4.69) is 12.2 Å². The van der Waals surface area contributed by atoms with Gasteiger partial charge in [0.15, 0.2) is 0 Å². The van der Waals surface area contributed by atoms with Crippen molar-refractivity contribution in [2.75, 3.05) is 11.4 Å². The number of carbonyl (C=O) groups is 2. The predicted octanol–water partition coefficient (Wildman–Crippen LogP) is 2.52. The van der Waals surface area contributed by atoms with Crippen LogP contribution in [-0.2, 0) is 16.0 Å². The number of para-hydroxylation sites is 1. The van der Waals surface area contributed by atoms with Gasteiger partial charge in [0.1, 0.15) is 0 Å². The second-order valence-electron chi connectivity index (χ2n) is 5.71. The topological polar surface area (TPSA) is 49.4 Å². The highest BCUT2D eigenvalue weighted by molar-refractivity contribution is 6.00. The van der Waals surface area contributed by atoms with Crippen LogP contribution in [0.4, 0.5) is 5.69 Å². The maximum atomic E-state index is 12.3. The first kappa shape index (κ1) is 15.5. The molecule has 21 heavy (non-hydrogen) atoms. The van der Waals surface area contributed by atoms with E-state index in [1.165, 1.54) is 0 Å². The van der Waals surface area contributed by atoms with Gasteiger partial charge in [0.25, 0.3) is 0 Å². The first-order chi connectivity index (χ1) is 10.1. The monoisotopic (exact) mass is 288 g/mol. The van der Waals surface area contributed by atoms with Crippen molar-refractivity contribution in [1.29, 1.82) is 0 Å². The molecule has 2 amide bonds. The summed E-state index contributed by atoms with van der Waals surface area (Å²) in [5.74, 6) is -0.203. The highest BCUT2D eigenvalue weighted by atomic mass is 16.2. The van der Waals surface area contributed by atoms with Crippen LogP contribution in [0.15, 0.2) is 24.3 Å². The van der Waals surface area contributed by atoms with Crippen LogP contribution in [0.1, 0.15) is 39.2 Å². The number of amides is 2. The van der Waals surface area contributed by atoms with Gasteiger partial charge in [-0.25, -0.2) is 0 Å². The fourth-order valence-corrected chi connectivity index (χ4v) is 2.65. The summed E-state index contributed by atoms with van der Waals surface area (Å²) in [6.45, 7) is 6.58. The molecule has 0 unspecified atom stereocenters. The summed E-state index contributed by atoms with van der Waals surface area (Å²) >= 11 is 0. The first-order valence-corrected chi connectivity index (χ1v) is 7.75. The van der Waals surface area contributed by atoms with Crippen molar-refractivity contribution >= 4 is 17.5 Å². The number of benzene rings is 1. The molecule has 4 heteroatoms. The highest BCUT2D eigenvalue weighted by Crippen LogP contribution is 2.28. The van der Waals surface area contributed by atoms with E-state index < -0.39 is 0 Å². The number of rotatable bonds is 5. The largest absolute Gasteiger partial charge is 0.353 e. The highest BCUT2D eigenvalue weighted by Gasteiger charge is 2.35. The number of aryl methyl sites for hydroxylation is 1. The average molecular weight is 288 g/mol. The molecule has 114 valence electrons. The van der Waals surface area contributed by atoms with Crippen molar-refractivity contribution < 1.29 is 9.59 Å². The third-order valence-corrected chi connectivity index (χ3v) is 4.16. The Labute approximate surface area is 126 Å². The van der Waals surface area contributed by atoms with Crippen LogP contribution in [0.2, 0.25) is 0 Å². The predicted molar refractivity (Wildman–Crippen MR) is 84.2 cm³/mol. The second-order valence-corrected chi connectivity index (χ2v) is 5.71. The van der Waals surface area contributed by atoms with Crippen LogP contribution in [0.5, 0.6) is 0 Å². The molecule has 2 atom stereocenters. The third-order valence-electron chi connectivity index (χ3n) is 4.16. The van der Waals surface area contributed by atoms with Crippen LogP contribution < -0.4 is 10.2 Å². The normalized spacial score (nSPS) is 19.7. The molecule has 1 N–H and O–H groups in total. The summed E-state index contributed by atoms with van der Waals surface area (Å²) in [6.07, 6.45) is 2.08. The van der Waals surface area contributed by atoms with Crippen molar-refractivity contribution in [3.63, 3.8) is 0 Å². The molecule has 0 saturated carbocycles. The smallest absolute Gasteiger partial charge is 0.227 e. The number of hydrogen-bond donors (Lipinski definition) is 1. The molecule has 1 aromatic carbocycles. The summed E-state index contributed by atoms with van der Waals surface area (Å²) in [5, 5.41) is 2.97. The number of hydrogen-bond acceptors (Lipinski definition) is 2. The standard InChI is InChI=1S/C17H24N2O2/c1-4-12(3)18-17(21)14-10-16(20)19(11-14)15-9-7-6-8-13(15)5-2/h6-9,12,14H,4-5,10-11H2,1-3H3,(H,18,21)/t12-,14+/m1/s1. The summed E-state index contributed by atoms with van der Waals surface area (Å²) in [7, 11) is 0. The van der Waals surface area contributed by atoms with E-state index in [-0.39, 0.29) is 23.8 Å². The molecule has 0 aliphatic carbocycles. The Balaban J connectivity index is 2.11. The van der Waals surface area contributed by atoms with Crippen LogP contribution in [0.3, 0.4) is 0 Å². The quantitative estimate of drug-likeness (QED) is 0.905. The molecule has 1 heterocycles. The lowest BCUT2D eigenvalue weighted by atomic mass is 10.1. The summed E-state index contributed by atoms with van der Waals surface area (Å²) in [4.78, 5) is 26.2. The molecule has 4 nitrogen and oxygen atoms in total. The van der Waals surface area contributed by atoms with Gasteiger partial charge < -0.3 is 10.2 Å². The SMILES string of the molecule is CCc1ccccc1N1C[C@@H](C(=O)N[C@H](C)CC)CC1=O. The van der Waals surface area contributed by atoms with Crippen molar-refractivity contribution in [3.05, 3.63) is 29.8 Å². The van der Waals surface area contributed by atoms with E-state index in [1.807, 2.05) is 38.1 Å². The van der Waals surface area contributed by atoms with Crippen molar-refractivity contribution in [2.45, 2.75) is 46.1 Å². The fraction of sp³-hybridized carbons (Fsp3) is 0.529. The Bertz CT molecular complexity index is 527. The van der Waals surface area contributed by atoms with Crippen LogP contribution >= 0.6 is 0 Å². The van der Waals surface area contributed by atoms with Crippen molar-refractivity contribution in [1.82, 2.24) is 5.32 Å². The van der Waals surface area contributed by atoms with Gasteiger partial charge in [0, 0.05) is 24.7 Å². The molecule has 1 aromatic rings. The van der Waals surface area contributed by atoms with Gasteiger partial charge >= 0.3 is 0 Å². The average Bonchev–Trinajstić information content (AvgIpc) is 2.89. The van der Waals surface area contributed by atoms with E-state index in [1.54, 1.807) is 4.90 Å². The molecule has 0 bridgehead atoms. The minimum absolute atomic E-state index is 0.00539. The minimum Gasteiger partial charge on any atom is -0.353 e. The summed E-state index contributed by atoms with van der Waals surface area (Å²) in [5.41, 5.74) is 2.10. The van der Waals surface area contributed by atoms with Gasteiger partial charge in [-0.2, -0.15) is 0 Å². The van der Waals surface area contributed by atoms with Crippen LogP contribution in [-0.4, -0.2) is 24.4 Å². The number of anilines is 1. The van der Waals surface area contributed by atoms with E-state index in [0.29, 0.717) is 13.0 Å². The van der Waals surface area contributed by atoms with Gasteiger partial charge in [-0.15, -0.1) is 0 Å². The maximum Gasteiger partial charge on any atom is 0.227 e. The zero-order chi connectivity index (χ0) is 15.4. The van der Waals surface area contributed by atoms with Crippen molar-refractivity contribution in [2.24, 2.45) is 5.92 Å². The lowest BCUT2D eigenvalue weighted by molar-refractivity contribution is -0.126. The Hall–Kier alpha value is -1.84. The van der Waals surface area contributed by atoms with E-state index in [9.17, 15) is 9.59 Å². The molecule has 1 saturated heterocycles. The van der Waals surface area contributed by atoms with E-state index in [0.717, 1.165) is 24.1 Å². The Morgan fingerprint density at radius 3 is 2.76 bits per heavy atom. The second kappa shape index (κ2) is 6.74. The molecule has 1 fully saturated rings. The Morgan fingerprint density at radius 1 is 1.38 bits per heavy atom. The summed E-state index contributed by atoms with van der Waals surface area (Å²) in [6, 6.07) is 8.08. The lowest BCUT2D eigenvalue weighted by Gasteiger charge is -2.20. The van der Waals surface area contributed by atoms with Crippen LogP contribution in [0.25, 0.3) is 0 Å². The number of nitrogens with one attached hydrogen (secondary N) is 1. The number of nitrogens with zero attached hydrogens (tertiary/aromatic N) is 1. The van der Waals surface area contributed by atoms with Gasteiger partial charge in [-0.1, -0.05) is 32.0 Å². The number of carbonyl (C=O) groups excluding carboxylic acids is 2. The van der Waals surface area contributed by atoms with Gasteiger partial charge in [-0.05, 0) is 31.4 Å². The van der Waals surface area contributed by atoms with Gasteiger partial charge in [0.05, 0.1) is 5.92 Å². The molecule has 1 aliphatic rings. The molecular formula is C17H24N2O2. The fourth-order valence-electron chi connectivity index (χ4n) is 2.65. The lowest BCUT2D eigenvalue weighted by Crippen LogP contribution is -2.38. The van der Waals surface area contributed by atoms with Crippen LogP contribution in [0, 0.1) is 5.92 Å². The van der Waals surface area contributed by atoms with Gasteiger partial charge in [-0.3, -0.25) is 9.59 Å². The first-order valence-electron chi connectivity index (χ1n) is 7.75. The molecule has 2 rings (SSSR count). The zero-order valence-electron chi connectivity index (χ0n) is 13.1. The molecule has 1 aliphatic heterocycles. The zero-order valence-corrected chi connectivity index (χ0v) is 13.1. The Morgan fingerprint density at radius 2 is 2.10 bits per heavy atom. The molecule has 0 aromatic heterocycles. The molecular weight excluding hydrogens is 264 g/mol. The van der Waals surface area contributed by atoms with E-state index >= 15 is 0 Å². The van der Waals surface area contributed by atoms with Gasteiger partial charge in [0.2, 0.25) is 11.8 Å². The maximum absolute atomic E-state index is 12.3. The summed E-state index contributed by atoms with van der Waals surface area (Å²) < 4.78 is 0. The molecule has 0 spiro atoms. The molecule has 0 radical (unpaired) electrons. The van der Waals surface area contributed by atoms with E-state index in [4.69, 9.17) is 0 Å². The Kier molecular flexibility index (Phi) is 4.99. The van der Waals surface area contributed by atoms with Crippen molar-refractivity contribution in [3.8, 4) is 0 Å². The minimum atomic E-state index is -0.239. The third kappa shape index (κ3) is 3.43.